The van der Waals surface area contributed by atoms with Crippen LogP contribution in [0, 0.1) is 17.1 Å². The van der Waals surface area contributed by atoms with Gasteiger partial charge in [0.05, 0.1) is 17.7 Å². The van der Waals surface area contributed by atoms with Gasteiger partial charge < -0.3 is 10.0 Å². The summed E-state index contributed by atoms with van der Waals surface area (Å²) in [5.41, 5.74) is 0.190. The lowest BCUT2D eigenvalue weighted by molar-refractivity contribution is 0.216. The van der Waals surface area contributed by atoms with E-state index in [0.717, 1.165) is 0 Å². The highest BCUT2D eigenvalue weighted by Gasteiger charge is 2.23. The summed E-state index contributed by atoms with van der Waals surface area (Å²) in [5.74, 6) is -0.541. The lowest BCUT2D eigenvalue weighted by Gasteiger charge is -2.35. The second-order valence-electron chi connectivity index (χ2n) is 4.31. The molecule has 0 radical (unpaired) electrons. The van der Waals surface area contributed by atoms with Gasteiger partial charge in [-0.3, -0.25) is 0 Å². The van der Waals surface area contributed by atoms with E-state index >= 15 is 0 Å². The summed E-state index contributed by atoms with van der Waals surface area (Å²) >= 11 is 0. The minimum absolute atomic E-state index is 0.0268. The Morgan fingerprint density at radius 1 is 1.50 bits per heavy atom. The Bertz CT molecular complexity index is 424. The minimum atomic E-state index is -0.541. The number of nitrogens with zero attached hydrogens (tertiary/aromatic N) is 2. The van der Waals surface area contributed by atoms with Crippen molar-refractivity contribution in [1.29, 1.82) is 5.26 Å². The molecule has 1 aromatic rings. The number of halogens is 1. The molecule has 0 aliphatic carbocycles. The van der Waals surface area contributed by atoms with E-state index in [9.17, 15) is 9.50 Å². The number of aliphatic hydroxyl groups excluding tert-OH is 1. The van der Waals surface area contributed by atoms with Crippen LogP contribution in [0.1, 0.15) is 19.4 Å². The third kappa shape index (κ3) is 2.31. The lowest BCUT2D eigenvalue weighted by Crippen LogP contribution is -2.44. The van der Waals surface area contributed by atoms with Crippen LogP contribution in [-0.4, -0.2) is 24.3 Å². The van der Waals surface area contributed by atoms with Crippen molar-refractivity contribution in [2.75, 3.05) is 18.6 Å². The van der Waals surface area contributed by atoms with Gasteiger partial charge in [-0.1, -0.05) is 0 Å². The Morgan fingerprint density at radius 3 is 2.56 bits per heavy atom. The molecule has 86 valence electrons. The molecule has 0 aliphatic heterocycles. The van der Waals surface area contributed by atoms with Crippen LogP contribution in [0.4, 0.5) is 10.1 Å². The molecule has 0 atom stereocenters. The van der Waals surface area contributed by atoms with Crippen molar-refractivity contribution in [3.63, 3.8) is 0 Å². The van der Waals surface area contributed by atoms with Crippen LogP contribution in [-0.2, 0) is 0 Å². The van der Waals surface area contributed by atoms with Gasteiger partial charge in [-0.15, -0.1) is 0 Å². The molecule has 0 amide bonds. The van der Waals surface area contributed by atoms with Crippen LogP contribution in [0.2, 0.25) is 0 Å². The number of likely N-dealkylation sites (N-methyl/N-ethyl adjacent to an activating group) is 1. The molecular formula is C12H15FN2O. The van der Waals surface area contributed by atoms with Gasteiger partial charge in [0.2, 0.25) is 0 Å². The van der Waals surface area contributed by atoms with Crippen LogP contribution in [0.3, 0.4) is 0 Å². The van der Waals surface area contributed by atoms with Crippen molar-refractivity contribution < 1.29 is 9.50 Å². The molecule has 0 saturated carbocycles. The predicted molar refractivity (Wildman–Crippen MR) is 60.7 cm³/mol. The van der Waals surface area contributed by atoms with Crippen molar-refractivity contribution in [3.05, 3.63) is 29.6 Å². The zero-order chi connectivity index (χ0) is 12.3. The van der Waals surface area contributed by atoms with Gasteiger partial charge in [-0.2, -0.15) is 5.26 Å². The smallest absolute Gasteiger partial charge is 0.143 e. The SMILES string of the molecule is CN(c1ccc(C#N)c(F)c1)C(C)(C)CO. The maximum atomic E-state index is 13.4. The normalized spacial score (nSPS) is 11.0. The molecule has 0 fully saturated rings. The van der Waals surface area contributed by atoms with E-state index < -0.39 is 11.4 Å². The Labute approximate surface area is 94.7 Å². The summed E-state index contributed by atoms with van der Waals surface area (Å²) in [4.78, 5) is 1.78. The molecule has 0 saturated heterocycles. The second kappa shape index (κ2) is 4.50. The van der Waals surface area contributed by atoms with Gasteiger partial charge in [0, 0.05) is 12.7 Å². The Morgan fingerprint density at radius 2 is 2.12 bits per heavy atom. The molecule has 4 heteroatoms. The second-order valence-corrected chi connectivity index (χ2v) is 4.31. The first-order valence-electron chi connectivity index (χ1n) is 4.96. The average molecular weight is 222 g/mol. The topological polar surface area (TPSA) is 47.3 Å². The molecule has 1 N–H and O–H groups in total. The molecule has 0 heterocycles. The van der Waals surface area contributed by atoms with Crippen molar-refractivity contribution in [2.45, 2.75) is 19.4 Å². The highest BCUT2D eigenvalue weighted by atomic mass is 19.1. The molecule has 1 rings (SSSR count). The Balaban J connectivity index is 3.08. The van der Waals surface area contributed by atoms with Crippen molar-refractivity contribution >= 4 is 5.69 Å². The zero-order valence-electron chi connectivity index (χ0n) is 9.66. The molecule has 1 aromatic carbocycles. The number of anilines is 1. The van der Waals surface area contributed by atoms with E-state index in [0.29, 0.717) is 5.69 Å². The number of rotatable bonds is 3. The monoisotopic (exact) mass is 222 g/mol. The molecule has 0 bridgehead atoms. The first-order chi connectivity index (χ1) is 7.42. The summed E-state index contributed by atoms with van der Waals surface area (Å²) in [6, 6.07) is 6.18. The number of hydrogen-bond acceptors (Lipinski definition) is 3. The van der Waals surface area contributed by atoms with E-state index in [2.05, 4.69) is 0 Å². The van der Waals surface area contributed by atoms with Crippen molar-refractivity contribution in [1.82, 2.24) is 0 Å². The van der Waals surface area contributed by atoms with Crippen LogP contribution < -0.4 is 4.90 Å². The average Bonchev–Trinajstić information content (AvgIpc) is 2.27. The van der Waals surface area contributed by atoms with Gasteiger partial charge in [-0.25, -0.2) is 4.39 Å². The quantitative estimate of drug-likeness (QED) is 0.849. The molecular weight excluding hydrogens is 207 g/mol. The number of benzene rings is 1. The lowest BCUT2D eigenvalue weighted by atomic mass is 10.0. The predicted octanol–water partition coefficient (Wildman–Crippen LogP) is 1.90. The van der Waals surface area contributed by atoms with Gasteiger partial charge in [0.25, 0.3) is 0 Å². The maximum absolute atomic E-state index is 13.4. The molecule has 0 unspecified atom stereocenters. The van der Waals surface area contributed by atoms with E-state index in [1.807, 2.05) is 13.8 Å². The molecule has 0 aliphatic rings. The first-order valence-corrected chi connectivity index (χ1v) is 4.96. The van der Waals surface area contributed by atoms with Crippen LogP contribution >= 0.6 is 0 Å². The Kier molecular flexibility index (Phi) is 3.51. The summed E-state index contributed by atoms with van der Waals surface area (Å²) in [7, 11) is 1.77. The molecule has 16 heavy (non-hydrogen) atoms. The van der Waals surface area contributed by atoms with Gasteiger partial charge in [0.1, 0.15) is 11.9 Å². The molecule has 3 nitrogen and oxygen atoms in total. The molecule has 0 aromatic heterocycles. The fourth-order valence-electron chi connectivity index (χ4n) is 1.26. The zero-order valence-corrected chi connectivity index (χ0v) is 9.66. The summed E-state index contributed by atoms with van der Waals surface area (Å²) in [5, 5.41) is 17.8. The maximum Gasteiger partial charge on any atom is 0.143 e. The van der Waals surface area contributed by atoms with Crippen molar-refractivity contribution in [2.24, 2.45) is 0 Å². The third-order valence-electron chi connectivity index (χ3n) is 2.76. The standard InChI is InChI=1S/C12H15FN2O/c1-12(2,8-16)15(3)10-5-4-9(7-14)11(13)6-10/h4-6,16H,8H2,1-3H3. The van der Waals surface area contributed by atoms with E-state index in [1.165, 1.54) is 12.1 Å². The highest BCUT2D eigenvalue weighted by molar-refractivity contribution is 5.51. The van der Waals surface area contributed by atoms with Gasteiger partial charge in [-0.05, 0) is 32.0 Å². The first kappa shape index (κ1) is 12.5. The fourth-order valence-corrected chi connectivity index (χ4v) is 1.26. The van der Waals surface area contributed by atoms with Crippen molar-refractivity contribution in [3.8, 4) is 6.07 Å². The number of nitriles is 1. The van der Waals surface area contributed by atoms with E-state index in [1.54, 1.807) is 24.1 Å². The largest absolute Gasteiger partial charge is 0.394 e. The fraction of sp³-hybridized carbons (Fsp3) is 0.417. The van der Waals surface area contributed by atoms with Crippen LogP contribution in [0.25, 0.3) is 0 Å². The van der Waals surface area contributed by atoms with E-state index in [-0.39, 0.29) is 12.2 Å². The number of aliphatic hydroxyl groups is 1. The van der Waals surface area contributed by atoms with E-state index in [4.69, 9.17) is 5.26 Å². The van der Waals surface area contributed by atoms with Crippen LogP contribution in [0.15, 0.2) is 18.2 Å². The van der Waals surface area contributed by atoms with Gasteiger partial charge >= 0.3 is 0 Å². The summed E-state index contributed by atoms with van der Waals surface area (Å²) in [6.07, 6.45) is 0. The minimum Gasteiger partial charge on any atom is -0.394 e. The summed E-state index contributed by atoms with van der Waals surface area (Å²) in [6.45, 7) is 3.66. The molecule has 0 spiro atoms. The summed E-state index contributed by atoms with van der Waals surface area (Å²) < 4.78 is 13.4. The van der Waals surface area contributed by atoms with Crippen LogP contribution in [0.5, 0.6) is 0 Å². The Hall–Kier alpha value is -1.60. The van der Waals surface area contributed by atoms with Gasteiger partial charge in [0.15, 0.2) is 0 Å². The highest BCUT2D eigenvalue weighted by Crippen LogP contribution is 2.23. The number of hydrogen-bond donors (Lipinski definition) is 1. The third-order valence-corrected chi connectivity index (χ3v) is 2.76.